The molecule has 2 aromatic heterocycles. The molecule has 182 valence electrons. The topological polar surface area (TPSA) is 139 Å². The van der Waals surface area contributed by atoms with Crippen molar-refractivity contribution < 1.29 is 23.5 Å². The van der Waals surface area contributed by atoms with E-state index >= 15 is 0 Å². The highest BCUT2D eigenvalue weighted by molar-refractivity contribution is 5.95. The fourth-order valence-corrected chi connectivity index (χ4v) is 4.92. The number of amides is 2. The second-order valence-corrected chi connectivity index (χ2v) is 9.10. The van der Waals surface area contributed by atoms with Gasteiger partial charge in [0.1, 0.15) is 11.6 Å². The molecule has 3 aliphatic rings. The summed E-state index contributed by atoms with van der Waals surface area (Å²) in [6.07, 6.45) is 3.70. The van der Waals surface area contributed by atoms with Gasteiger partial charge in [0, 0.05) is 13.1 Å². The molecular formula is C24H24FN5O5. The molecule has 3 aromatic rings. The second-order valence-electron chi connectivity index (χ2n) is 9.10. The number of halogens is 1. The van der Waals surface area contributed by atoms with E-state index in [4.69, 9.17) is 4.42 Å². The summed E-state index contributed by atoms with van der Waals surface area (Å²) in [5, 5.41) is 16.2. The van der Waals surface area contributed by atoms with E-state index < -0.39 is 40.2 Å². The zero-order valence-electron chi connectivity index (χ0n) is 19.0. The first-order valence-electron chi connectivity index (χ1n) is 11.4. The van der Waals surface area contributed by atoms with Gasteiger partial charge in [0.25, 0.3) is 17.4 Å². The number of fused-ring (bicyclic) bond motifs is 2. The Hall–Kier alpha value is -4.02. The van der Waals surface area contributed by atoms with E-state index in [1.54, 1.807) is 6.92 Å². The van der Waals surface area contributed by atoms with Crippen LogP contribution in [-0.4, -0.2) is 31.5 Å². The van der Waals surface area contributed by atoms with E-state index in [0.29, 0.717) is 30.6 Å². The lowest BCUT2D eigenvalue weighted by Crippen LogP contribution is -2.50. The third kappa shape index (κ3) is 4.07. The van der Waals surface area contributed by atoms with Crippen LogP contribution in [0.2, 0.25) is 0 Å². The third-order valence-corrected chi connectivity index (χ3v) is 6.86. The Morgan fingerprint density at radius 2 is 1.94 bits per heavy atom. The molecule has 1 fully saturated rings. The molecule has 2 amide bonds. The van der Waals surface area contributed by atoms with Crippen molar-refractivity contribution in [1.29, 1.82) is 0 Å². The van der Waals surface area contributed by atoms with Gasteiger partial charge in [-0.25, -0.2) is 14.4 Å². The van der Waals surface area contributed by atoms with Gasteiger partial charge in [-0.05, 0) is 56.2 Å². The van der Waals surface area contributed by atoms with Crippen molar-refractivity contribution in [2.45, 2.75) is 51.2 Å². The molecule has 2 aliphatic heterocycles. The van der Waals surface area contributed by atoms with Gasteiger partial charge in [-0.1, -0.05) is 12.1 Å². The molecule has 11 heteroatoms. The zero-order chi connectivity index (χ0) is 24.7. The Morgan fingerprint density at radius 3 is 2.60 bits per heavy atom. The number of rotatable bonds is 5. The van der Waals surface area contributed by atoms with Gasteiger partial charge in [0.2, 0.25) is 11.5 Å². The van der Waals surface area contributed by atoms with E-state index in [9.17, 15) is 23.9 Å². The molecule has 0 unspecified atom stereocenters. The number of nitrogens with one attached hydrogen (secondary N) is 2. The summed E-state index contributed by atoms with van der Waals surface area (Å²) < 4.78 is 19.7. The van der Waals surface area contributed by atoms with Gasteiger partial charge in [0.15, 0.2) is 12.1 Å². The van der Waals surface area contributed by atoms with Crippen LogP contribution in [-0.2, 0) is 18.6 Å². The Bertz CT molecular complexity index is 1360. The number of aromatic nitrogens is 3. The van der Waals surface area contributed by atoms with Crippen LogP contribution in [0.4, 0.5) is 4.39 Å². The largest absolute Gasteiger partial charge is 0.501 e. The number of aryl methyl sites for hydroxylation is 1. The number of oxazole rings is 1. The van der Waals surface area contributed by atoms with Crippen molar-refractivity contribution in [2.24, 2.45) is 5.92 Å². The minimum atomic E-state index is -1.01. The van der Waals surface area contributed by atoms with Crippen LogP contribution in [0.25, 0.3) is 0 Å². The smallest absolute Gasteiger partial charge is 0.296 e. The lowest BCUT2D eigenvalue weighted by Gasteiger charge is -2.36. The molecule has 0 radical (unpaired) electrons. The summed E-state index contributed by atoms with van der Waals surface area (Å²) >= 11 is 0. The monoisotopic (exact) mass is 481 g/mol. The number of carbonyl (C=O) groups excluding carboxylic acids is 2. The van der Waals surface area contributed by atoms with Gasteiger partial charge in [-0.2, -0.15) is 0 Å². The van der Waals surface area contributed by atoms with Gasteiger partial charge in [-0.3, -0.25) is 19.0 Å². The maximum absolute atomic E-state index is 13.1. The van der Waals surface area contributed by atoms with E-state index in [0.717, 1.165) is 12.8 Å². The fraction of sp³-hybridized carbons (Fsp3) is 0.375. The minimum absolute atomic E-state index is 0.0490. The molecule has 1 aromatic carbocycles. The predicted octanol–water partition coefficient (Wildman–Crippen LogP) is 2.14. The van der Waals surface area contributed by atoms with Crippen LogP contribution in [0, 0.1) is 18.7 Å². The third-order valence-electron chi connectivity index (χ3n) is 6.86. The first kappa shape index (κ1) is 22.8. The van der Waals surface area contributed by atoms with Gasteiger partial charge in [-0.15, -0.1) is 0 Å². The SMILES string of the molecule is Cc1ncoc1C(=O)NC12CCC(CC1)Cn1c2nc(C(=O)NCc2ccc(F)cc2)c(O)c1=O. The van der Waals surface area contributed by atoms with Crippen LogP contribution in [0.5, 0.6) is 5.75 Å². The maximum Gasteiger partial charge on any atom is 0.296 e. The van der Waals surface area contributed by atoms with Crippen molar-refractivity contribution in [2.75, 3.05) is 0 Å². The van der Waals surface area contributed by atoms with Crippen LogP contribution in [0.15, 0.2) is 39.9 Å². The van der Waals surface area contributed by atoms with E-state index in [1.807, 2.05) is 0 Å². The van der Waals surface area contributed by atoms with Crippen molar-refractivity contribution in [3.05, 3.63) is 75.4 Å². The number of benzene rings is 1. The van der Waals surface area contributed by atoms with E-state index in [-0.39, 0.29) is 24.0 Å². The molecule has 1 aliphatic carbocycles. The molecule has 2 bridgehead atoms. The summed E-state index contributed by atoms with van der Waals surface area (Å²) in [7, 11) is 0. The average Bonchev–Trinajstić information content (AvgIpc) is 3.15. The van der Waals surface area contributed by atoms with Crippen LogP contribution in [0.3, 0.4) is 0 Å². The first-order valence-corrected chi connectivity index (χ1v) is 11.4. The van der Waals surface area contributed by atoms with Gasteiger partial charge < -0.3 is 20.2 Å². The van der Waals surface area contributed by atoms with Gasteiger partial charge >= 0.3 is 0 Å². The lowest BCUT2D eigenvalue weighted by atomic mass is 9.77. The number of hydrogen-bond acceptors (Lipinski definition) is 7. The summed E-state index contributed by atoms with van der Waals surface area (Å²) in [5.74, 6) is -1.91. The fourth-order valence-electron chi connectivity index (χ4n) is 4.92. The summed E-state index contributed by atoms with van der Waals surface area (Å²) in [4.78, 5) is 47.5. The lowest BCUT2D eigenvalue weighted by molar-refractivity contribution is 0.0820. The molecule has 6 rings (SSSR count). The van der Waals surface area contributed by atoms with Crippen LogP contribution in [0.1, 0.15) is 63.8 Å². The Morgan fingerprint density at radius 1 is 1.23 bits per heavy atom. The molecule has 0 spiro atoms. The normalized spacial score (nSPS) is 20.7. The quantitative estimate of drug-likeness (QED) is 0.507. The highest BCUT2D eigenvalue weighted by Crippen LogP contribution is 2.43. The van der Waals surface area contributed by atoms with Crippen molar-refractivity contribution >= 4 is 11.8 Å². The molecule has 0 saturated heterocycles. The van der Waals surface area contributed by atoms with Crippen molar-refractivity contribution in [3.8, 4) is 5.75 Å². The molecule has 35 heavy (non-hydrogen) atoms. The molecular weight excluding hydrogens is 457 g/mol. The standard InChI is InChI=1S/C24H24FN5O5/c1-13-19(35-12-27-13)21(33)29-24-8-6-15(7-9-24)11-30-22(34)18(31)17(28-23(24)30)20(32)26-10-14-2-4-16(25)5-3-14/h2-5,12,15,31H,6-11H2,1H3,(H,26,32)(H,29,33). The summed E-state index contributed by atoms with van der Waals surface area (Å²) in [6.45, 7) is 2.04. The highest BCUT2D eigenvalue weighted by atomic mass is 19.1. The van der Waals surface area contributed by atoms with Gasteiger partial charge in [0.05, 0.1) is 11.2 Å². The number of carbonyl (C=O) groups is 2. The predicted molar refractivity (Wildman–Crippen MR) is 120 cm³/mol. The molecule has 0 atom stereocenters. The maximum atomic E-state index is 13.1. The first-order chi connectivity index (χ1) is 16.8. The van der Waals surface area contributed by atoms with Crippen molar-refractivity contribution in [3.63, 3.8) is 0 Å². The van der Waals surface area contributed by atoms with Crippen LogP contribution < -0.4 is 16.2 Å². The Kier molecular flexibility index (Phi) is 5.62. The summed E-state index contributed by atoms with van der Waals surface area (Å²) in [5.41, 5.74) is -1.10. The summed E-state index contributed by atoms with van der Waals surface area (Å²) in [6, 6.07) is 5.57. The molecule has 4 heterocycles. The molecule has 3 N–H and O–H groups in total. The number of nitrogens with zero attached hydrogens (tertiary/aromatic N) is 3. The van der Waals surface area contributed by atoms with Crippen LogP contribution >= 0.6 is 0 Å². The molecule has 10 nitrogen and oxygen atoms in total. The van der Waals surface area contributed by atoms with E-state index in [2.05, 4.69) is 20.6 Å². The zero-order valence-corrected chi connectivity index (χ0v) is 19.0. The number of aromatic hydroxyl groups is 1. The molecule has 1 saturated carbocycles. The Balaban J connectivity index is 1.50. The van der Waals surface area contributed by atoms with Crippen molar-refractivity contribution in [1.82, 2.24) is 25.2 Å². The average molecular weight is 481 g/mol. The Labute approximate surface area is 199 Å². The second kappa shape index (κ2) is 8.64. The minimum Gasteiger partial charge on any atom is -0.501 e. The highest BCUT2D eigenvalue weighted by Gasteiger charge is 2.46. The number of hydrogen-bond donors (Lipinski definition) is 3. The van der Waals surface area contributed by atoms with E-state index in [1.165, 1.54) is 35.2 Å².